The number of carbonyl (C=O) groups excluding carboxylic acids is 4. The van der Waals surface area contributed by atoms with Crippen molar-refractivity contribution in [1.82, 2.24) is 0 Å². The fourth-order valence-electron chi connectivity index (χ4n) is 10.2. The molecule has 5 unspecified atom stereocenters. The summed E-state index contributed by atoms with van der Waals surface area (Å²) in [7, 11) is 0. The van der Waals surface area contributed by atoms with E-state index in [4.69, 9.17) is 18.9 Å². The van der Waals surface area contributed by atoms with Crippen LogP contribution in [0.4, 0.5) is 0 Å². The molecule has 8 nitrogen and oxygen atoms in total. The van der Waals surface area contributed by atoms with Crippen LogP contribution in [0.3, 0.4) is 0 Å². The number of hydrogen-bond donors (Lipinski definition) is 0. The van der Waals surface area contributed by atoms with Crippen molar-refractivity contribution in [3.8, 4) is 0 Å². The van der Waals surface area contributed by atoms with Crippen LogP contribution in [0, 0.1) is 40.4 Å². The molecule has 2 heterocycles. The van der Waals surface area contributed by atoms with Crippen molar-refractivity contribution < 1.29 is 38.1 Å². The first kappa shape index (κ1) is 28.6. The molecule has 3 saturated carbocycles. The lowest BCUT2D eigenvalue weighted by Gasteiger charge is -2.47. The molecule has 4 fully saturated rings. The van der Waals surface area contributed by atoms with Gasteiger partial charge in [0, 0.05) is 20.3 Å². The highest BCUT2D eigenvalue weighted by Crippen LogP contribution is 2.80. The van der Waals surface area contributed by atoms with Gasteiger partial charge in [0.15, 0.2) is 11.9 Å². The molecule has 4 aliphatic carbocycles. The number of carbonyl (C=O) groups is 4. The third-order valence-corrected chi connectivity index (χ3v) is 12.0. The minimum absolute atomic E-state index is 0.0398. The molecule has 6 rings (SSSR count). The van der Waals surface area contributed by atoms with Gasteiger partial charge in [-0.15, -0.1) is 0 Å². The summed E-state index contributed by atoms with van der Waals surface area (Å²) < 4.78 is 23.2. The first-order valence-corrected chi connectivity index (χ1v) is 15.5. The van der Waals surface area contributed by atoms with E-state index in [0.29, 0.717) is 29.7 Å². The maximum Gasteiger partial charge on any atom is 0.337 e. The van der Waals surface area contributed by atoms with Crippen LogP contribution in [-0.2, 0) is 38.1 Å². The van der Waals surface area contributed by atoms with Gasteiger partial charge >= 0.3 is 17.9 Å². The topological polar surface area (TPSA) is 108 Å². The number of cyclic esters (lactones) is 1. The fraction of sp³-hybridized carbons (Fsp3) is 0.758. The van der Waals surface area contributed by atoms with Crippen LogP contribution in [0.15, 0.2) is 23.3 Å². The van der Waals surface area contributed by atoms with Crippen molar-refractivity contribution in [2.24, 2.45) is 40.4 Å². The number of esters is 3. The van der Waals surface area contributed by atoms with Crippen LogP contribution >= 0.6 is 0 Å². The summed E-state index contributed by atoms with van der Waals surface area (Å²) in [6, 6.07) is 0. The van der Waals surface area contributed by atoms with E-state index in [1.807, 2.05) is 6.92 Å². The van der Waals surface area contributed by atoms with E-state index in [1.54, 1.807) is 12.2 Å². The second-order valence-electron chi connectivity index (χ2n) is 13.9. The normalized spacial score (nSPS) is 44.8. The molecular formula is C33H44O8. The predicted octanol–water partition coefficient (Wildman–Crippen LogP) is 4.88. The molecule has 41 heavy (non-hydrogen) atoms. The highest BCUT2D eigenvalue weighted by molar-refractivity contribution is 6.01. The van der Waals surface area contributed by atoms with Gasteiger partial charge in [0.2, 0.25) is 0 Å². The number of ether oxygens (including phenoxy) is 4. The monoisotopic (exact) mass is 568 g/mol. The van der Waals surface area contributed by atoms with Crippen LogP contribution < -0.4 is 0 Å². The average molecular weight is 569 g/mol. The molecule has 6 aliphatic rings. The molecule has 2 aliphatic heterocycles. The quantitative estimate of drug-likeness (QED) is 0.232. The number of ketones is 1. The lowest BCUT2D eigenvalue weighted by atomic mass is 9.57. The summed E-state index contributed by atoms with van der Waals surface area (Å²) in [6.07, 6.45) is 9.26. The van der Waals surface area contributed by atoms with Crippen molar-refractivity contribution in [2.75, 3.05) is 6.61 Å². The molecule has 0 N–H and O–H groups in total. The second kappa shape index (κ2) is 9.78. The van der Waals surface area contributed by atoms with E-state index in [-0.39, 0.29) is 53.8 Å². The number of hydrogen-bond acceptors (Lipinski definition) is 8. The Morgan fingerprint density at radius 2 is 1.90 bits per heavy atom. The standard InChI is InChI=1S/C33H44O8/c1-7-12-31(6)23(18(3)26-13-17(2)22(30(37)40-26)16-38-19(4)34)8-9-24(31)21-14-29-33(41-29)28(39-20(5)35)11-10-27(36)32(33)15-25(21)32/h10-11,18,21,23-26,28-29H,7-9,12-16H2,1-6H3/t18-,21?,23?,24?,25?,26?,28+,29+,31+,32-,33+/m0/s1. The summed E-state index contributed by atoms with van der Waals surface area (Å²) in [5.41, 5.74) is 0.194. The SMILES string of the molecule is CCC[C@@]1(C)C(C2C[C@H]3O[C@]34[C@H](OC(C)=O)C=CC(=O)[C@@]43CC23)CCC1[C@H](C)C1CC(C)=C(COC(C)=O)C(=O)O1. The maximum absolute atomic E-state index is 13.5. The summed E-state index contributed by atoms with van der Waals surface area (Å²) in [5, 5.41) is 0. The van der Waals surface area contributed by atoms with Gasteiger partial charge in [-0.2, -0.15) is 0 Å². The zero-order chi connectivity index (χ0) is 29.5. The maximum atomic E-state index is 13.5. The minimum Gasteiger partial charge on any atom is -0.461 e. The Labute approximate surface area is 242 Å². The Kier molecular flexibility index (Phi) is 6.83. The van der Waals surface area contributed by atoms with Gasteiger partial charge in [-0.05, 0) is 86.2 Å². The van der Waals surface area contributed by atoms with Gasteiger partial charge in [0.05, 0.1) is 17.1 Å². The zero-order valence-electron chi connectivity index (χ0n) is 25.2. The van der Waals surface area contributed by atoms with E-state index in [9.17, 15) is 19.2 Å². The molecule has 0 bridgehead atoms. The van der Waals surface area contributed by atoms with E-state index in [1.165, 1.54) is 13.8 Å². The molecule has 0 aromatic heterocycles. The van der Waals surface area contributed by atoms with Gasteiger partial charge < -0.3 is 18.9 Å². The van der Waals surface area contributed by atoms with Crippen molar-refractivity contribution in [1.29, 1.82) is 0 Å². The zero-order valence-corrected chi connectivity index (χ0v) is 25.2. The highest BCUT2D eigenvalue weighted by atomic mass is 16.7. The molecule has 8 heteroatoms. The van der Waals surface area contributed by atoms with Crippen LogP contribution in [0.5, 0.6) is 0 Å². The molecule has 224 valence electrons. The smallest absolute Gasteiger partial charge is 0.337 e. The van der Waals surface area contributed by atoms with Crippen molar-refractivity contribution >= 4 is 23.7 Å². The van der Waals surface area contributed by atoms with Gasteiger partial charge in [-0.3, -0.25) is 14.4 Å². The summed E-state index contributed by atoms with van der Waals surface area (Å²) in [6.45, 7) is 11.6. The van der Waals surface area contributed by atoms with Crippen molar-refractivity contribution in [3.05, 3.63) is 23.3 Å². The van der Waals surface area contributed by atoms with Gasteiger partial charge in [-0.25, -0.2) is 4.79 Å². The molecule has 0 aromatic rings. The average Bonchev–Trinajstić information content (AvgIpc) is 3.78. The Bertz CT molecular complexity index is 1230. The Hall–Kier alpha value is -2.48. The summed E-state index contributed by atoms with van der Waals surface area (Å²) in [4.78, 5) is 49.6. The lowest BCUT2D eigenvalue weighted by Crippen LogP contribution is -2.53. The molecule has 0 amide bonds. The number of rotatable bonds is 8. The molecule has 2 spiro atoms. The van der Waals surface area contributed by atoms with Crippen LogP contribution in [0.2, 0.25) is 0 Å². The Morgan fingerprint density at radius 1 is 1.15 bits per heavy atom. The molecule has 11 atom stereocenters. The minimum atomic E-state index is -0.678. The summed E-state index contributed by atoms with van der Waals surface area (Å²) >= 11 is 0. The largest absolute Gasteiger partial charge is 0.461 e. The fourth-order valence-corrected chi connectivity index (χ4v) is 10.2. The second-order valence-corrected chi connectivity index (χ2v) is 13.9. The third-order valence-electron chi connectivity index (χ3n) is 12.0. The predicted molar refractivity (Wildman–Crippen MR) is 148 cm³/mol. The van der Waals surface area contributed by atoms with Gasteiger partial charge in [0.1, 0.15) is 18.3 Å². The molecular weight excluding hydrogens is 524 g/mol. The van der Waals surface area contributed by atoms with Crippen LogP contribution in [-0.4, -0.2) is 54.2 Å². The van der Waals surface area contributed by atoms with Crippen molar-refractivity contribution in [3.63, 3.8) is 0 Å². The van der Waals surface area contributed by atoms with Gasteiger partial charge in [0.25, 0.3) is 0 Å². The molecule has 1 saturated heterocycles. The Morgan fingerprint density at radius 3 is 2.56 bits per heavy atom. The van der Waals surface area contributed by atoms with E-state index in [2.05, 4.69) is 20.8 Å². The van der Waals surface area contributed by atoms with Crippen LogP contribution in [0.25, 0.3) is 0 Å². The first-order valence-electron chi connectivity index (χ1n) is 15.5. The number of allylic oxidation sites excluding steroid dienone is 1. The molecule has 0 aromatic carbocycles. The summed E-state index contributed by atoms with van der Waals surface area (Å²) in [5.74, 6) is 0.625. The van der Waals surface area contributed by atoms with Crippen molar-refractivity contribution in [2.45, 2.75) is 110 Å². The van der Waals surface area contributed by atoms with Gasteiger partial charge in [-0.1, -0.05) is 32.8 Å². The van der Waals surface area contributed by atoms with Crippen LogP contribution in [0.1, 0.15) is 86.5 Å². The molecule has 0 radical (unpaired) electrons. The lowest BCUT2D eigenvalue weighted by molar-refractivity contribution is -0.153. The number of epoxide rings is 1. The first-order chi connectivity index (χ1) is 19.4. The third kappa shape index (κ3) is 4.09. The highest BCUT2D eigenvalue weighted by Gasteiger charge is 2.88. The van der Waals surface area contributed by atoms with E-state index < -0.39 is 23.1 Å². The Balaban J connectivity index is 1.22. The van der Waals surface area contributed by atoms with E-state index in [0.717, 1.165) is 44.1 Å². The van der Waals surface area contributed by atoms with E-state index >= 15 is 0 Å².